The number of piperazine rings is 1. The van der Waals surface area contributed by atoms with E-state index < -0.39 is 10.0 Å². The van der Waals surface area contributed by atoms with Crippen LogP contribution in [-0.2, 0) is 10.0 Å². The van der Waals surface area contributed by atoms with E-state index in [2.05, 4.69) is 25.9 Å². The Balaban J connectivity index is 2.13. The van der Waals surface area contributed by atoms with Gasteiger partial charge in [0, 0.05) is 26.2 Å². The van der Waals surface area contributed by atoms with E-state index in [0.29, 0.717) is 41.6 Å². The van der Waals surface area contributed by atoms with Gasteiger partial charge in [0.25, 0.3) is 0 Å². The number of hydrogen-bond acceptors (Lipinski definition) is 5. The highest BCUT2D eigenvalue weighted by Crippen LogP contribution is 2.29. The smallest absolute Gasteiger partial charge is 0.211 e. The number of sulfonamides is 1. The molecule has 0 amide bonds. The second-order valence-corrected chi connectivity index (χ2v) is 7.08. The maximum atomic E-state index is 11.4. The van der Waals surface area contributed by atoms with E-state index in [1.807, 2.05) is 4.90 Å². The Hall–Kier alpha value is -0.440. The van der Waals surface area contributed by atoms with Gasteiger partial charge in [-0.3, -0.25) is 0 Å². The molecule has 1 aromatic heterocycles. The lowest BCUT2D eigenvalue weighted by molar-refractivity contribution is 0.386. The summed E-state index contributed by atoms with van der Waals surface area (Å²) in [6.45, 7) is 2.07. The summed E-state index contributed by atoms with van der Waals surface area (Å²) in [7, 11) is -3.11. The van der Waals surface area contributed by atoms with Crippen molar-refractivity contribution in [2.24, 2.45) is 0 Å². The molecule has 0 saturated carbocycles. The molecule has 1 fully saturated rings. The van der Waals surface area contributed by atoms with Crippen molar-refractivity contribution in [3.63, 3.8) is 0 Å². The summed E-state index contributed by atoms with van der Waals surface area (Å²) in [5, 5.41) is 0.352. The van der Waals surface area contributed by atoms with E-state index in [1.165, 1.54) is 16.9 Å². The summed E-state index contributed by atoms with van der Waals surface area (Å²) in [6, 6.07) is 0. The molecule has 0 aliphatic carbocycles. The average molecular weight is 356 g/mol. The third-order valence-electron chi connectivity index (χ3n) is 2.74. The predicted octanol–water partition coefficient (Wildman–Crippen LogP) is 0.974. The fraction of sp³-hybridized carbons (Fsp3) is 0.556. The van der Waals surface area contributed by atoms with E-state index >= 15 is 0 Å². The zero-order valence-electron chi connectivity index (χ0n) is 9.68. The molecule has 0 aromatic carbocycles. The van der Waals surface area contributed by atoms with Crippen LogP contribution in [0.5, 0.6) is 0 Å². The van der Waals surface area contributed by atoms with Crippen molar-refractivity contribution < 1.29 is 8.42 Å². The van der Waals surface area contributed by atoms with Gasteiger partial charge in [0.05, 0.1) is 10.7 Å². The molecule has 9 heteroatoms. The summed E-state index contributed by atoms with van der Waals surface area (Å²) in [6.07, 6.45) is 2.62. The molecule has 100 valence electrons. The quantitative estimate of drug-likeness (QED) is 0.740. The van der Waals surface area contributed by atoms with Gasteiger partial charge in [-0.15, -0.1) is 0 Å². The Morgan fingerprint density at radius 2 is 1.89 bits per heavy atom. The molecule has 0 bridgehead atoms. The van der Waals surface area contributed by atoms with Crippen molar-refractivity contribution in [3.8, 4) is 0 Å². The van der Waals surface area contributed by atoms with Gasteiger partial charge in [0.1, 0.15) is 17.3 Å². The van der Waals surface area contributed by atoms with Crippen molar-refractivity contribution in [1.29, 1.82) is 0 Å². The molecule has 0 atom stereocenters. The summed E-state index contributed by atoms with van der Waals surface area (Å²) < 4.78 is 24.9. The Kier molecular flexibility index (Phi) is 4.10. The van der Waals surface area contributed by atoms with Gasteiger partial charge in [-0.25, -0.2) is 18.4 Å². The normalized spacial score (nSPS) is 18.1. The van der Waals surface area contributed by atoms with Gasteiger partial charge in [-0.05, 0) is 15.9 Å². The van der Waals surface area contributed by atoms with Gasteiger partial charge in [-0.1, -0.05) is 11.6 Å². The summed E-state index contributed by atoms with van der Waals surface area (Å²) in [5.74, 6) is 0.697. The first-order valence-electron chi connectivity index (χ1n) is 5.25. The van der Waals surface area contributed by atoms with Crippen LogP contribution in [-0.4, -0.2) is 55.1 Å². The SMILES string of the molecule is CS(=O)(=O)N1CCN(c2ncnc(Cl)c2Br)CC1. The lowest BCUT2D eigenvalue weighted by Gasteiger charge is -2.34. The van der Waals surface area contributed by atoms with Crippen LogP contribution in [0.15, 0.2) is 10.8 Å². The predicted molar refractivity (Wildman–Crippen MR) is 73.4 cm³/mol. The second-order valence-electron chi connectivity index (χ2n) is 3.95. The monoisotopic (exact) mass is 354 g/mol. The Morgan fingerprint density at radius 1 is 1.28 bits per heavy atom. The lowest BCUT2D eigenvalue weighted by atomic mass is 10.3. The van der Waals surface area contributed by atoms with Crippen LogP contribution in [0.1, 0.15) is 0 Å². The van der Waals surface area contributed by atoms with Crippen LogP contribution in [0.3, 0.4) is 0 Å². The molecule has 0 unspecified atom stereocenters. The minimum absolute atomic E-state index is 0.352. The topological polar surface area (TPSA) is 66.4 Å². The van der Waals surface area contributed by atoms with Crippen molar-refractivity contribution >= 4 is 43.4 Å². The number of nitrogens with zero attached hydrogens (tertiary/aromatic N) is 4. The van der Waals surface area contributed by atoms with E-state index in [4.69, 9.17) is 11.6 Å². The molecule has 18 heavy (non-hydrogen) atoms. The van der Waals surface area contributed by atoms with E-state index in [1.54, 1.807) is 0 Å². The average Bonchev–Trinajstić information content (AvgIpc) is 2.32. The summed E-state index contributed by atoms with van der Waals surface area (Å²) in [4.78, 5) is 10.0. The Bertz CT molecular complexity index is 545. The largest absolute Gasteiger partial charge is 0.353 e. The highest BCUT2D eigenvalue weighted by molar-refractivity contribution is 9.10. The van der Waals surface area contributed by atoms with E-state index in [-0.39, 0.29) is 0 Å². The minimum Gasteiger partial charge on any atom is -0.353 e. The fourth-order valence-electron chi connectivity index (χ4n) is 1.79. The molecule has 6 nitrogen and oxygen atoms in total. The fourth-order valence-corrected chi connectivity index (χ4v) is 3.20. The molecule has 2 rings (SSSR count). The molecule has 2 heterocycles. The van der Waals surface area contributed by atoms with Crippen molar-refractivity contribution in [2.75, 3.05) is 37.3 Å². The molecular weight excluding hydrogens is 344 g/mol. The molecular formula is C9H12BrClN4O2S. The van der Waals surface area contributed by atoms with Gasteiger partial charge in [-0.2, -0.15) is 4.31 Å². The van der Waals surface area contributed by atoms with Gasteiger partial charge in [0.15, 0.2) is 0 Å². The summed E-state index contributed by atoms with van der Waals surface area (Å²) in [5.41, 5.74) is 0. The van der Waals surface area contributed by atoms with Crippen molar-refractivity contribution in [2.45, 2.75) is 0 Å². The number of halogens is 2. The number of anilines is 1. The van der Waals surface area contributed by atoms with Crippen LogP contribution in [0.4, 0.5) is 5.82 Å². The van der Waals surface area contributed by atoms with Crippen LogP contribution in [0.25, 0.3) is 0 Å². The van der Waals surface area contributed by atoms with E-state index in [0.717, 1.165) is 0 Å². The molecule has 1 aliphatic rings. The lowest BCUT2D eigenvalue weighted by Crippen LogP contribution is -2.48. The third-order valence-corrected chi connectivity index (χ3v) is 5.28. The van der Waals surface area contributed by atoms with E-state index in [9.17, 15) is 8.42 Å². The number of rotatable bonds is 2. The van der Waals surface area contributed by atoms with Gasteiger partial charge >= 0.3 is 0 Å². The molecule has 1 aliphatic heterocycles. The highest BCUT2D eigenvalue weighted by atomic mass is 79.9. The maximum Gasteiger partial charge on any atom is 0.211 e. The zero-order valence-corrected chi connectivity index (χ0v) is 12.8. The molecule has 0 N–H and O–H groups in total. The van der Waals surface area contributed by atoms with Crippen molar-refractivity contribution in [1.82, 2.24) is 14.3 Å². The van der Waals surface area contributed by atoms with Gasteiger partial charge < -0.3 is 4.90 Å². The maximum absolute atomic E-state index is 11.4. The molecule has 1 aromatic rings. The Morgan fingerprint density at radius 3 is 2.44 bits per heavy atom. The first kappa shape index (κ1) is 14.0. The second kappa shape index (κ2) is 5.28. The van der Waals surface area contributed by atoms with Crippen molar-refractivity contribution in [3.05, 3.63) is 16.0 Å². The molecule has 0 radical (unpaired) electrons. The van der Waals surface area contributed by atoms with Crippen LogP contribution in [0, 0.1) is 0 Å². The Labute approximate surface area is 119 Å². The summed E-state index contributed by atoms with van der Waals surface area (Å²) >= 11 is 9.24. The highest BCUT2D eigenvalue weighted by Gasteiger charge is 2.25. The molecule has 0 spiro atoms. The molecule has 1 saturated heterocycles. The first-order valence-corrected chi connectivity index (χ1v) is 8.27. The standard InChI is InChI=1S/C9H12BrClN4O2S/c1-18(16,17)15-4-2-14(3-5-15)9-7(10)8(11)12-6-13-9/h6H,2-5H2,1H3. The third kappa shape index (κ3) is 2.93. The zero-order chi connectivity index (χ0) is 13.3. The van der Waals surface area contributed by atoms with Gasteiger partial charge in [0.2, 0.25) is 10.0 Å². The van der Waals surface area contributed by atoms with Crippen LogP contribution >= 0.6 is 27.5 Å². The number of hydrogen-bond donors (Lipinski definition) is 0. The minimum atomic E-state index is -3.11. The first-order chi connectivity index (χ1) is 8.39. The van der Waals surface area contributed by atoms with Crippen LogP contribution in [0.2, 0.25) is 5.15 Å². The van der Waals surface area contributed by atoms with Crippen LogP contribution < -0.4 is 4.90 Å². The number of aromatic nitrogens is 2.